The molecule has 3 aromatic heterocycles. The zero-order valence-electron chi connectivity index (χ0n) is 53.3. The van der Waals surface area contributed by atoms with E-state index in [9.17, 15) is 0 Å². The minimum atomic E-state index is 0.777. The molecule has 0 aliphatic heterocycles. The van der Waals surface area contributed by atoms with Crippen LogP contribution in [0.2, 0.25) is 0 Å². The van der Waals surface area contributed by atoms with E-state index in [1.165, 1.54) is 261 Å². The van der Waals surface area contributed by atoms with E-state index in [0.29, 0.717) is 0 Å². The minimum absolute atomic E-state index is 0.777. The number of fused-ring (bicyclic) bond motifs is 9. The van der Waals surface area contributed by atoms with Crippen LogP contribution < -0.4 is 0 Å². The molecule has 7 aromatic rings. The van der Waals surface area contributed by atoms with E-state index in [4.69, 9.17) is 29.9 Å². The Labute approximate surface area is 535 Å². The van der Waals surface area contributed by atoms with Crippen LogP contribution in [0, 0.1) is 0 Å². The molecular formula is C72H108N6S6. The van der Waals surface area contributed by atoms with Crippen molar-refractivity contribution in [2.45, 2.75) is 302 Å². The van der Waals surface area contributed by atoms with E-state index in [1.807, 2.05) is 70.6 Å². The molecule has 0 N–H and O–H groups in total. The predicted octanol–water partition coefficient (Wildman–Crippen LogP) is 25.7. The van der Waals surface area contributed by atoms with Gasteiger partial charge < -0.3 is 0 Å². The van der Waals surface area contributed by atoms with Crippen molar-refractivity contribution in [3.8, 4) is 0 Å². The summed E-state index contributed by atoms with van der Waals surface area (Å²) >= 11 is 12.1. The third-order valence-electron chi connectivity index (χ3n) is 16.4. The number of hydrogen-bond donors (Lipinski definition) is 0. The molecule has 12 heteroatoms. The molecule has 0 radical (unpaired) electrons. The van der Waals surface area contributed by atoms with E-state index in [0.717, 1.165) is 101 Å². The second-order valence-corrected chi connectivity index (χ2v) is 30.6. The lowest BCUT2D eigenvalue weighted by atomic mass is 10.1. The van der Waals surface area contributed by atoms with Gasteiger partial charge in [-0.1, -0.05) is 234 Å². The second kappa shape index (κ2) is 41.1. The number of unbranched alkanes of at least 4 members (excludes halogenated alkanes) is 30. The van der Waals surface area contributed by atoms with Gasteiger partial charge in [0.05, 0.1) is 33.1 Å². The van der Waals surface area contributed by atoms with Crippen molar-refractivity contribution in [3.63, 3.8) is 0 Å². The van der Waals surface area contributed by atoms with E-state index in [2.05, 4.69) is 77.9 Å². The Morgan fingerprint density at radius 1 is 0.190 bits per heavy atom. The first-order valence-corrected chi connectivity index (χ1v) is 40.3. The highest BCUT2D eigenvalue weighted by Crippen LogP contribution is 2.42. The fourth-order valence-corrected chi connectivity index (χ4v) is 18.1. The molecule has 0 bridgehead atoms. The van der Waals surface area contributed by atoms with E-state index in [-0.39, 0.29) is 0 Å². The zero-order valence-corrected chi connectivity index (χ0v) is 58.2. The third-order valence-corrected chi connectivity index (χ3v) is 23.6. The van der Waals surface area contributed by atoms with Crippen molar-refractivity contribution in [1.82, 2.24) is 29.9 Å². The van der Waals surface area contributed by atoms with Gasteiger partial charge in [0.15, 0.2) is 0 Å². The molecule has 7 rings (SSSR count). The van der Waals surface area contributed by atoms with Gasteiger partial charge in [-0.3, -0.25) is 0 Å². The number of thioether (sulfide) groups is 6. The predicted molar refractivity (Wildman–Crippen MR) is 383 cm³/mol. The van der Waals surface area contributed by atoms with Crippen LogP contribution in [-0.2, 0) is 0 Å². The summed E-state index contributed by atoms with van der Waals surface area (Å²) in [5, 5.41) is 0. The Balaban J connectivity index is 1.36. The van der Waals surface area contributed by atoms with Crippen LogP contribution in [0.3, 0.4) is 0 Å². The normalized spacial score (nSPS) is 12.1. The summed E-state index contributed by atoms with van der Waals surface area (Å²) in [5.74, 6) is 6.71. The zero-order chi connectivity index (χ0) is 58.8. The molecule has 0 aliphatic rings. The molecule has 0 unspecified atom stereocenters. The van der Waals surface area contributed by atoms with E-state index < -0.39 is 0 Å². The quantitative estimate of drug-likeness (QED) is 0.0158. The molecule has 0 amide bonds. The Hall–Kier alpha value is -2.22. The summed E-state index contributed by atoms with van der Waals surface area (Å²) in [5.41, 5.74) is 10.2. The first-order valence-electron chi connectivity index (χ1n) is 34.3. The van der Waals surface area contributed by atoms with E-state index in [1.54, 1.807) is 0 Å². The first kappa shape index (κ1) is 69.3. The average Bonchev–Trinajstić information content (AvgIpc) is 0.830. The number of nitrogens with zero attached hydrogens (tertiary/aromatic N) is 6. The molecule has 0 aliphatic carbocycles. The highest BCUT2D eigenvalue weighted by Gasteiger charge is 2.22. The summed E-state index contributed by atoms with van der Waals surface area (Å²) in [6, 6.07) is 14.1. The lowest BCUT2D eigenvalue weighted by Crippen LogP contribution is -2.00. The number of aromatic nitrogens is 6. The van der Waals surface area contributed by atoms with Gasteiger partial charge in [0.2, 0.25) is 0 Å². The highest BCUT2D eigenvalue weighted by molar-refractivity contribution is 8.03. The van der Waals surface area contributed by atoms with Gasteiger partial charge in [0.25, 0.3) is 0 Å². The molecule has 0 fully saturated rings. The molecular weight excluding hydrogens is 1140 g/mol. The second-order valence-electron chi connectivity index (χ2n) is 23.8. The summed E-state index contributed by atoms with van der Waals surface area (Å²) in [4.78, 5) is 42.0. The van der Waals surface area contributed by atoms with Gasteiger partial charge in [-0.05, 0) is 109 Å². The largest absolute Gasteiger partial charge is 0.242 e. The van der Waals surface area contributed by atoms with Gasteiger partial charge in [-0.2, -0.15) is 0 Å². The van der Waals surface area contributed by atoms with Crippen LogP contribution in [-0.4, -0.2) is 64.4 Å². The Kier molecular flexibility index (Phi) is 33.9. The summed E-state index contributed by atoms with van der Waals surface area (Å²) in [7, 11) is 0. The molecule has 6 nitrogen and oxygen atoms in total. The summed E-state index contributed by atoms with van der Waals surface area (Å²) in [6.07, 6.45) is 47.0. The van der Waals surface area contributed by atoms with Gasteiger partial charge in [0, 0.05) is 29.4 Å². The summed E-state index contributed by atoms with van der Waals surface area (Å²) in [6.45, 7) is 13.8. The van der Waals surface area contributed by atoms with Crippen LogP contribution in [0.4, 0.5) is 0 Å². The number of hydrogen-bond acceptors (Lipinski definition) is 12. The standard InChI is InChI=1S/C72H108N6S6/c1-7-13-19-25-31-37-43-79-61-49-55-56(50-62(61)80-44-38-32-26-20-14-8-2)74-68-67(73-55)69-71(77-58-52-64(82-46-40-34-28-22-16-10-4)63(51-57(58)75-69)81-45-39-33-27-21-15-9-3)72-70(68)76-59-53-65(83-47-41-35-29-23-17-11-5)66(54-60(59)78-72)84-48-42-36-30-24-18-12-6/h49-54H,7-48H2,1-6H3. The number of benzene rings is 4. The molecule has 0 saturated heterocycles. The van der Waals surface area contributed by atoms with Crippen molar-refractivity contribution in [2.75, 3.05) is 34.5 Å². The van der Waals surface area contributed by atoms with Crippen molar-refractivity contribution in [2.24, 2.45) is 0 Å². The van der Waals surface area contributed by atoms with Crippen LogP contribution in [0.15, 0.2) is 65.8 Å². The Morgan fingerprint density at radius 3 is 0.464 bits per heavy atom. The monoisotopic (exact) mass is 1250 g/mol. The van der Waals surface area contributed by atoms with Crippen LogP contribution in [0.25, 0.3) is 66.2 Å². The van der Waals surface area contributed by atoms with E-state index >= 15 is 0 Å². The van der Waals surface area contributed by atoms with Crippen molar-refractivity contribution >= 4 is 137 Å². The molecule has 0 saturated carbocycles. The van der Waals surface area contributed by atoms with Crippen molar-refractivity contribution < 1.29 is 0 Å². The average molecular weight is 1250 g/mol. The minimum Gasteiger partial charge on any atom is -0.242 e. The van der Waals surface area contributed by atoms with Gasteiger partial charge in [-0.25, -0.2) is 29.9 Å². The molecule has 0 atom stereocenters. The topological polar surface area (TPSA) is 77.3 Å². The highest BCUT2D eigenvalue weighted by atomic mass is 32.2. The van der Waals surface area contributed by atoms with Crippen LogP contribution in [0.5, 0.6) is 0 Å². The van der Waals surface area contributed by atoms with Crippen molar-refractivity contribution in [3.05, 3.63) is 36.4 Å². The summed E-state index contributed by atoms with van der Waals surface area (Å²) < 4.78 is 0. The molecule has 3 heterocycles. The molecule has 0 spiro atoms. The first-order chi connectivity index (χ1) is 41.5. The number of rotatable bonds is 48. The molecule has 462 valence electrons. The maximum absolute atomic E-state index is 5.67. The molecule has 4 aromatic carbocycles. The third kappa shape index (κ3) is 22.7. The SMILES string of the molecule is CCCCCCCCSc1cc2nc3c4nc5cc(SCCCCCCCC)c(SCCCCCCCC)cc5nc4c4nc5cc(SCCCCCCCC)c(SCCCCCCCC)cc5nc4c3nc2cc1SCCCCCCCC. The van der Waals surface area contributed by atoms with Gasteiger partial charge >= 0.3 is 0 Å². The smallest absolute Gasteiger partial charge is 0.120 e. The molecule has 84 heavy (non-hydrogen) atoms. The lowest BCUT2D eigenvalue weighted by Gasteiger charge is -2.15. The van der Waals surface area contributed by atoms with Crippen LogP contribution >= 0.6 is 70.6 Å². The van der Waals surface area contributed by atoms with Crippen molar-refractivity contribution in [1.29, 1.82) is 0 Å². The van der Waals surface area contributed by atoms with Crippen LogP contribution in [0.1, 0.15) is 273 Å². The Bertz CT molecular complexity index is 2460. The maximum Gasteiger partial charge on any atom is 0.120 e. The maximum atomic E-state index is 5.67. The Morgan fingerprint density at radius 2 is 0.321 bits per heavy atom. The van der Waals surface area contributed by atoms with Gasteiger partial charge in [-0.15, -0.1) is 70.6 Å². The lowest BCUT2D eigenvalue weighted by molar-refractivity contribution is 0.626. The fraction of sp³-hybridized carbons (Fsp3) is 0.667. The fourth-order valence-electron chi connectivity index (χ4n) is 11.2. The van der Waals surface area contributed by atoms with Gasteiger partial charge in [0.1, 0.15) is 33.1 Å².